The summed E-state index contributed by atoms with van der Waals surface area (Å²) in [7, 11) is 0. The number of fused-ring (bicyclic) bond motifs is 3. The van der Waals surface area contributed by atoms with Crippen LogP contribution in [0.15, 0.2) is 9.85 Å². The van der Waals surface area contributed by atoms with Crippen molar-refractivity contribution in [1.29, 1.82) is 0 Å². The molecule has 20 heavy (non-hydrogen) atoms. The molecule has 1 aromatic heterocycles. The van der Waals surface area contributed by atoms with E-state index in [1.54, 1.807) is 10.4 Å². The third-order valence-corrected chi connectivity index (χ3v) is 7.70. The molecule has 5 atom stereocenters. The van der Waals surface area contributed by atoms with Gasteiger partial charge in [0.15, 0.2) is 0 Å². The molecule has 3 aliphatic carbocycles. The minimum Gasteiger partial charge on any atom is -0.307 e. The van der Waals surface area contributed by atoms with Crippen molar-refractivity contribution in [2.24, 2.45) is 17.8 Å². The fourth-order valence-corrected chi connectivity index (χ4v) is 6.86. The van der Waals surface area contributed by atoms with Crippen molar-refractivity contribution in [3.63, 3.8) is 0 Å². The highest BCUT2D eigenvalue weighted by molar-refractivity contribution is 9.11. The summed E-state index contributed by atoms with van der Waals surface area (Å²) < 4.78 is 1.31. The van der Waals surface area contributed by atoms with Gasteiger partial charge in [-0.25, -0.2) is 0 Å². The van der Waals surface area contributed by atoms with Crippen LogP contribution in [0.2, 0.25) is 0 Å². The zero-order valence-electron chi connectivity index (χ0n) is 12.2. The van der Waals surface area contributed by atoms with E-state index in [0.717, 1.165) is 17.8 Å². The lowest BCUT2D eigenvalue weighted by Crippen LogP contribution is -2.39. The Hall–Kier alpha value is 0.140. The fraction of sp³-hybridized carbons (Fsp3) is 0.765. The molecule has 1 nitrogen and oxygen atoms in total. The molecule has 1 N–H and O–H groups in total. The van der Waals surface area contributed by atoms with Crippen LogP contribution < -0.4 is 5.32 Å². The van der Waals surface area contributed by atoms with Crippen molar-refractivity contribution < 1.29 is 0 Å². The summed E-state index contributed by atoms with van der Waals surface area (Å²) in [5.41, 5.74) is 1.59. The third kappa shape index (κ3) is 2.40. The van der Waals surface area contributed by atoms with E-state index < -0.39 is 0 Å². The van der Waals surface area contributed by atoms with E-state index in [1.165, 1.54) is 48.7 Å². The average Bonchev–Trinajstić information content (AvgIpc) is 3.12. The largest absolute Gasteiger partial charge is 0.307 e. The molecule has 4 rings (SSSR count). The SMILES string of the molecule is CC(NC1CCCc2sc(Br)cc21)C1CC2CCC1C2. The molecule has 3 heteroatoms. The highest BCUT2D eigenvalue weighted by atomic mass is 79.9. The minimum atomic E-state index is 0.607. The van der Waals surface area contributed by atoms with Gasteiger partial charge in [-0.15, -0.1) is 11.3 Å². The van der Waals surface area contributed by atoms with Crippen LogP contribution in [-0.2, 0) is 6.42 Å². The van der Waals surface area contributed by atoms with Crippen molar-refractivity contribution in [1.82, 2.24) is 5.32 Å². The lowest BCUT2D eigenvalue weighted by atomic mass is 9.83. The Labute approximate surface area is 134 Å². The van der Waals surface area contributed by atoms with Crippen LogP contribution in [-0.4, -0.2) is 6.04 Å². The Kier molecular flexibility index (Phi) is 3.72. The summed E-state index contributed by atoms with van der Waals surface area (Å²) >= 11 is 5.61. The molecular weight excluding hydrogens is 330 g/mol. The molecule has 2 fully saturated rings. The summed E-state index contributed by atoms with van der Waals surface area (Å²) in [4.78, 5) is 1.61. The van der Waals surface area contributed by atoms with Crippen molar-refractivity contribution in [2.75, 3.05) is 0 Å². The van der Waals surface area contributed by atoms with Gasteiger partial charge in [0.25, 0.3) is 0 Å². The molecule has 0 radical (unpaired) electrons. The smallest absolute Gasteiger partial charge is 0.0704 e. The number of nitrogens with one attached hydrogen (secondary N) is 1. The van der Waals surface area contributed by atoms with Crippen molar-refractivity contribution in [2.45, 2.75) is 64.0 Å². The molecule has 1 heterocycles. The van der Waals surface area contributed by atoms with Gasteiger partial charge >= 0.3 is 0 Å². The standard InChI is InChI=1S/C17H24BrNS/c1-10(13-8-11-5-6-12(13)7-11)19-15-3-2-4-16-14(15)9-17(18)20-16/h9-13,15,19H,2-8H2,1H3. The number of hydrogen-bond acceptors (Lipinski definition) is 2. The molecule has 2 saturated carbocycles. The highest BCUT2D eigenvalue weighted by Gasteiger charge is 2.42. The second kappa shape index (κ2) is 5.40. The highest BCUT2D eigenvalue weighted by Crippen LogP contribution is 2.50. The van der Waals surface area contributed by atoms with Crippen molar-refractivity contribution in [3.8, 4) is 0 Å². The number of aryl methyl sites for hydroxylation is 1. The van der Waals surface area contributed by atoms with Gasteiger partial charge in [-0.3, -0.25) is 0 Å². The van der Waals surface area contributed by atoms with Gasteiger partial charge in [0, 0.05) is 17.0 Å². The molecular formula is C17H24BrNS. The molecule has 0 aromatic carbocycles. The second-order valence-electron chi connectivity index (χ2n) is 7.17. The Bertz CT molecular complexity index is 497. The van der Waals surface area contributed by atoms with E-state index in [-0.39, 0.29) is 0 Å². The van der Waals surface area contributed by atoms with Gasteiger partial charge in [0.2, 0.25) is 0 Å². The molecule has 1 aromatic rings. The van der Waals surface area contributed by atoms with Gasteiger partial charge in [0.1, 0.15) is 0 Å². The maximum atomic E-state index is 4.00. The Balaban J connectivity index is 1.47. The first-order valence-electron chi connectivity index (χ1n) is 8.25. The molecule has 0 spiro atoms. The molecule has 2 bridgehead atoms. The summed E-state index contributed by atoms with van der Waals surface area (Å²) in [5, 5.41) is 4.00. The summed E-state index contributed by atoms with van der Waals surface area (Å²) in [6.07, 6.45) is 9.98. The van der Waals surface area contributed by atoms with E-state index in [2.05, 4.69) is 34.2 Å². The number of halogens is 1. The molecule has 0 amide bonds. The van der Waals surface area contributed by atoms with Gasteiger partial charge < -0.3 is 5.32 Å². The summed E-state index contributed by atoms with van der Waals surface area (Å²) in [5.74, 6) is 3.03. The Morgan fingerprint density at radius 2 is 2.20 bits per heavy atom. The van der Waals surface area contributed by atoms with E-state index in [9.17, 15) is 0 Å². The zero-order chi connectivity index (χ0) is 13.7. The number of rotatable bonds is 3. The monoisotopic (exact) mass is 353 g/mol. The molecule has 110 valence electrons. The van der Waals surface area contributed by atoms with Gasteiger partial charge in [0.05, 0.1) is 3.79 Å². The third-order valence-electron chi connectivity index (χ3n) is 5.98. The van der Waals surface area contributed by atoms with Crippen LogP contribution in [0.5, 0.6) is 0 Å². The van der Waals surface area contributed by atoms with E-state index in [4.69, 9.17) is 0 Å². The Morgan fingerprint density at radius 3 is 2.95 bits per heavy atom. The van der Waals surface area contributed by atoms with Gasteiger partial charge in [-0.2, -0.15) is 0 Å². The first kappa shape index (κ1) is 13.8. The van der Waals surface area contributed by atoms with Crippen LogP contribution in [0.3, 0.4) is 0 Å². The molecule has 0 saturated heterocycles. The van der Waals surface area contributed by atoms with Crippen LogP contribution in [0, 0.1) is 17.8 Å². The van der Waals surface area contributed by atoms with Crippen LogP contribution in [0.1, 0.15) is 61.9 Å². The van der Waals surface area contributed by atoms with E-state index in [0.29, 0.717) is 12.1 Å². The lowest BCUT2D eigenvalue weighted by molar-refractivity contribution is 0.239. The molecule has 5 unspecified atom stereocenters. The van der Waals surface area contributed by atoms with Gasteiger partial charge in [-0.05, 0) is 90.8 Å². The quantitative estimate of drug-likeness (QED) is 0.776. The Morgan fingerprint density at radius 1 is 1.30 bits per heavy atom. The first-order chi connectivity index (χ1) is 9.70. The summed E-state index contributed by atoms with van der Waals surface area (Å²) in [6, 6.07) is 3.67. The average molecular weight is 354 g/mol. The maximum Gasteiger partial charge on any atom is 0.0704 e. The molecule has 3 aliphatic rings. The van der Waals surface area contributed by atoms with E-state index in [1.807, 2.05) is 11.3 Å². The second-order valence-corrected chi connectivity index (χ2v) is 9.68. The maximum absolute atomic E-state index is 4.00. The van der Waals surface area contributed by atoms with Crippen LogP contribution >= 0.6 is 27.3 Å². The van der Waals surface area contributed by atoms with Crippen LogP contribution in [0.4, 0.5) is 0 Å². The number of thiophene rings is 1. The zero-order valence-corrected chi connectivity index (χ0v) is 14.6. The fourth-order valence-electron chi connectivity index (χ4n) is 5.04. The van der Waals surface area contributed by atoms with Crippen molar-refractivity contribution >= 4 is 27.3 Å². The molecule has 0 aliphatic heterocycles. The van der Waals surface area contributed by atoms with Gasteiger partial charge in [-0.1, -0.05) is 6.42 Å². The normalized spacial score (nSPS) is 37.1. The minimum absolute atomic E-state index is 0.607. The predicted octanol–water partition coefficient (Wildman–Crippen LogP) is 5.30. The van der Waals surface area contributed by atoms with Crippen molar-refractivity contribution in [3.05, 3.63) is 20.3 Å². The number of hydrogen-bond donors (Lipinski definition) is 1. The lowest BCUT2D eigenvalue weighted by Gasteiger charge is -2.33. The first-order valence-corrected chi connectivity index (χ1v) is 9.86. The van der Waals surface area contributed by atoms with Crippen LogP contribution in [0.25, 0.3) is 0 Å². The van der Waals surface area contributed by atoms with E-state index >= 15 is 0 Å². The topological polar surface area (TPSA) is 12.0 Å². The summed E-state index contributed by atoms with van der Waals surface area (Å²) in [6.45, 7) is 2.45. The predicted molar refractivity (Wildman–Crippen MR) is 89.2 cm³/mol.